The molecule has 0 saturated heterocycles. The highest BCUT2D eigenvalue weighted by atomic mass is 32.2. The second-order valence-corrected chi connectivity index (χ2v) is 8.16. The van der Waals surface area contributed by atoms with Crippen molar-refractivity contribution in [1.29, 1.82) is 0 Å². The summed E-state index contributed by atoms with van der Waals surface area (Å²) in [6, 6.07) is 11.0. The van der Waals surface area contributed by atoms with Crippen LogP contribution in [0.15, 0.2) is 35.2 Å². The Labute approximate surface area is 137 Å². The maximum Gasteiger partial charge on any atom is 0.236 e. The van der Waals surface area contributed by atoms with Gasteiger partial charge in [-0.1, -0.05) is 31.0 Å². The molecule has 22 heavy (non-hydrogen) atoms. The Morgan fingerprint density at radius 2 is 1.73 bits per heavy atom. The van der Waals surface area contributed by atoms with Gasteiger partial charge < -0.3 is 11.1 Å². The number of carbonyl (C=O) groups is 1. The van der Waals surface area contributed by atoms with E-state index in [1.807, 2.05) is 18.2 Å². The number of hydrogen-bond acceptors (Lipinski definition) is 3. The van der Waals surface area contributed by atoms with E-state index in [0.29, 0.717) is 12.1 Å². The first-order valence-electron chi connectivity index (χ1n) is 8.49. The molecule has 1 aromatic rings. The van der Waals surface area contributed by atoms with Crippen LogP contribution in [0.5, 0.6) is 0 Å². The molecule has 3 rings (SSSR count). The number of amides is 1. The molecule has 0 aliphatic heterocycles. The lowest BCUT2D eigenvalue weighted by Crippen LogP contribution is -2.48. The van der Waals surface area contributed by atoms with Crippen LogP contribution < -0.4 is 11.1 Å². The van der Waals surface area contributed by atoms with Crippen LogP contribution in [0, 0.1) is 0 Å². The number of nitrogens with two attached hydrogens (primary N) is 1. The first kappa shape index (κ1) is 15.9. The van der Waals surface area contributed by atoms with Crippen molar-refractivity contribution in [3.8, 4) is 0 Å². The first-order chi connectivity index (χ1) is 10.7. The molecule has 4 heteroatoms. The van der Waals surface area contributed by atoms with E-state index in [-0.39, 0.29) is 10.7 Å². The summed E-state index contributed by atoms with van der Waals surface area (Å²) in [7, 11) is 0. The fourth-order valence-electron chi connectivity index (χ4n) is 3.62. The predicted octanol–water partition coefficient (Wildman–Crippen LogP) is 3.48. The summed E-state index contributed by atoms with van der Waals surface area (Å²) in [5.74, 6) is 0.249. The predicted molar refractivity (Wildman–Crippen MR) is 91.9 cm³/mol. The van der Waals surface area contributed by atoms with Gasteiger partial charge in [0.05, 0.1) is 4.75 Å². The normalized spacial score (nSPS) is 27.5. The van der Waals surface area contributed by atoms with Crippen LogP contribution >= 0.6 is 11.8 Å². The summed E-state index contributed by atoms with van der Waals surface area (Å²) in [4.78, 5) is 14.2. The second-order valence-electron chi connectivity index (χ2n) is 6.70. The smallest absolute Gasteiger partial charge is 0.236 e. The molecule has 120 valence electrons. The topological polar surface area (TPSA) is 55.1 Å². The molecule has 1 aromatic carbocycles. The summed E-state index contributed by atoms with van der Waals surface area (Å²) in [5.41, 5.74) is 5.96. The molecule has 0 radical (unpaired) electrons. The molecule has 0 atom stereocenters. The maximum atomic E-state index is 13.0. The fourth-order valence-corrected chi connectivity index (χ4v) is 5.00. The fraction of sp³-hybridized carbons (Fsp3) is 0.611. The highest BCUT2D eigenvalue weighted by Crippen LogP contribution is 2.45. The lowest BCUT2D eigenvalue weighted by atomic mass is 9.91. The Morgan fingerprint density at radius 3 is 2.36 bits per heavy atom. The van der Waals surface area contributed by atoms with Crippen molar-refractivity contribution in [3.63, 3.8) is 0 Å². The summed E-state index contributed by atoms with van der Waals surface area (Å²) >= 11 is 1.76. The molecule has 2 aliphatic rings. The Morgan fingerprint density at radius 1 is 1.09 bits per heavy atom. The number of nitrogens with one attached hydrogen (secondary N) is 1. The molecule has 3 N–H and O–H groups in total. The third kappa shape index (κ3) is 3.66. The van der Waals surface area contributed by atoms with Gasteiger partial charge in [0.25, 0.3) is 0 Å². The lowest BCUT2D eigenvalue weighted by Gasteiger charge is -2.32. The minimum atomic E-state index is -0.263. The van der Waals surface area contributed by atoms with E-state index in [1.165, 1.54) is 4.90 Å². The lowest BCUT2D eigenvalue weighted by molar-refractivity contribution is -0.124. The zero-order valence-electron chi connectivity index (χ0n) is 13.1. The third-order valence-corrected chi connectivity index (χ3v) is 6.48. The Kier molecular flexibility index (Phi) is 5.09. The molecule has 2 aliphatic carbocycles. The molecule has 0 bridgehead atoms. The average molecular weight is 318 g/mol. The molecule has 0 spiro atoms. The van der Waals surface area contributed by atoms with E-state index in [4.69, 9.17) is 5.73 Å². The third-order valence-electron chi connectivity index (χ3n) is 4.99. The molecule has 0 aromatic heterocycles. The number of carbonyl (C=O) groups excluding carboxylic acids is 1. The van der Waals surface area contributed by atoms with Crippen molar-refractivity contribution >= 4 is 17.7 Å². The van der Waals surface area contributed by atoms with Gasteiger partial charge in [-0.3, -0.25) is 4.79 Å². The molecule has 3 nitrogen and oxygen atoms in total. The van der Waals surface area contributed by atoms with Crippen molar-refractivity contribution in [2.45, 2.75) is 73.1 Å². The van der Waals surface area contributed by atoms with Crippen molar-refractivity contribution in [3.05, 3.63) is 30.3 Å². The number of hydrogen-bond donors (Lipinski definition) is 2. The van der Waals surface area contributed by atoms with Gasteiger partial charge in [0.15, 0.2) is 0 Å². The minimum absolute atomic E-state index is 0.249. The molecule has 0 unspecified atom stereocenters. The SMILES string of the molecule is NC1CCC(NC(=O)C2(Sc3ccccc3)CCCC2)CC1. The summed E-state index contributed by atoms with van der Waals surface area (Å²) in [6.07, 6.45) is 8.41. The van der Waals surface area contributed by atoms with Crippen molar-refractivity contribution < 1.29 is 4.79 Å². The number of thioether (sulfide) groups is 1. The van der Waals surface area contributed by atoms with E-state index in [9.17, 15) is 4.79 Å². The van der Waals surface area contributed by atoms with Gasteiger partial charge in [0.1, 0.15) is 0 Å². The average Bonchev–Trinajstić information content (AvgIpc) is 3.00. The van der Waals surface area contributed by atoms with Gasteiger partial charge in [-0.25, -0.2) is 0 Å². The molecule has 1 amide bonds. The molecule has 0 heterocycles. The highest BCUT2D eigenvalue weighted by Gasteiger charge is 2.42. The quantitative estimate of drug-likeness (QED) is 0.893. The van der Waals surface area contributed by atoms with E-state index < -0.39 is 0 Å². The number of rotatable bonds is 4. The molecular formula is C18H26N2OS. The van der Waals surface area contributed by atoms with Crippen LogP contribution in [0.2, 0.25) is 0 Å². The molecule has 2 fully saturated rings. The monoisotopic (exact) mass is 318 g/mol. The Bertz CT molecular complexity index is 491. The van der Waals surface area contributed by atoms with Gasteiger partial charge in [-0.2, -0.15) is 0 Å². The zero-order valence-corrected chi connectivity index (χ0v) is 13.9. The van der Waals surface area contributed by atoms with Gasteiger partial charge >= 0.3 is 0 Å². The summed E-state index contributed by atoms with van der Waals surface area (Å²) in [6.45, 7) is 0. The van der Waals surface area contributed by atoms with Gasteiger partial charge in [0.2, 0.25) is 5.91 Å². The van der Waals surface area contributed by atoms with E-state index in [2.05, 4.69) is 17.4 Å². The van der Waals surface area contributed by atoms with Gasteiger partial charge in [-0.15, -0.1) is 11.8 Å². The van der Waals surface area contributed by atoms with Crippen LogP contribution in [-0.4, -0.2) is 22.7 Å². The van der Waals surface area contributed by atoms with Crippen molar-refractivity contribution in [2.75, 3.05) is 0 Å². The van der Waals surface area contributed by atoms with Crippen molar-refractivity contribution in [2.24, 2.45) is 5.73 Å². The molecule has 2 saturated carbocycles. The second kappa shape index (κ2) is 7.05. The van der Waals surface area contributed by atoms with E-state index >= 15 is 0 Å². The van der Waals surface area contributed by atoms with Crippen molar-refractivity contribution in [1.82, 2.24) is 5.32 Å². The minimum Gasteiger partial charge on any atom is -0.352 e. The summed E-state index contributed by atoms with van der Waals surface area (Å²) < 4.78 is -0.263. The summed E-state index contributed by atoms with van der Waals surface area (Å²) in [5, 5.41) is 3.33. The Balaban J connectivity index is 1.66. The standard InChI is InChI=1S/C18H26N2OS/c19-14-8-10-15(11-9-14)20-17(21)18(12-4-5-13-18)22-16-6-2-1-3-7-16/h1-3,6-7,14-15H,4-5,8-13,19H2,(H,20,21). The van der Waals surface area contributed by atoms with Crippen LogP contribution in [0.3, 0.4) is 0 Å². The highest BCUT2D eigenvalue weighted by molar-refractivity contribution is 8.01. The first-order valence-corrected chi connectivity index (χ1v) is 9.30. The molecular weight excluding hydrogens is 292 g/mol. The van der Waals surface area contributed by atoms with Gasteiger partial charge in [-0.05, 0) is 50.7 Å². The van der Waals surface area contributed by atoms with Crippen LogP contribution in [0.25, 0.3) is 0 Å². The van der Waals surface area contributed by atoms with E-state index in [1.54, 1.807) is 11.8 Å². The van der Waals surface area contributed by atoms with E-state index in [0.717, 1.165) is 51.4 Å². The van der Waals surface area contributed by atoms with Gasteiger partial charge in [0, 0.05) is 17.0 Å². The maximum absolute atomic E-state index is 13.0. The van der Waals surface area contributed by atoms with Crippen LogP contribution in [0.1, 0.15) is 51.4 Å². The largest absolute Gasteiger partial charge is 0.352 e. The Hall–Kier alpha value is -1.00. The van der Waals surface area contributed by atoms with Crippen LogP contribution in [-0.2, 0) is 4.79 Å². The number of benzene rings is 1. The zero-order chi connectivity index (χ0) is 15.4. The van der Waals surface area contributed by atoms with Crippen LogP contribution in [0.4, 0.5) is 0 Å².